The van der Waals surface area contributed by atoms with Crippen LogP contribution < -0.4 is 24.8 Å². The van der Waals surface area contributed by atoms with Gasteiger partial charge in [0.1, 0.15) is 0 Å². The van der Waals surface area contributed by atoms with Gasteiger partial charge in [0, 0.05) is 0 Å². The van der Waals surface area contributed by atoms with Crippen molar-refractivity contribution < 1.29 is 46.1 Å². The van der Waals surface area contributed by atoms with Gasteiger partial charge in [-0.15, -0.1) is 0 Å². The molecule has 0 aromatic heterocycles. The quantitative estimate of drug-likeness (QED) is 0.289. The van der Waals surface area contributed by atoms with Crippen molar-refractivity contribution in [3.05, 3.63) is 152 Å². The number of rotatable bonds is 7. The van der Waals surface area contributed by atoms with Crippen molar-refractivity contribution in [2.24, 2.45) is 5.92 Å². The number of allylic oxidation sites excluding steroid dienone is 4. The van der Waals surface area contributed by atoms with E-state index < -0.39 is 21.3 Å². The van der Waals surface area contributed by atoms with E-state index in [-0.39, 0.29) is 24.8 Å². The Morgan fingerprint density at radius 1 is 0.600 bits per heavy atom. The molecule has 0 aliphatic heterocycles. The first-order chi connectivity index (χ1) is 18.8. The first-order valence-corrected chi connectivity index (χ1v) is 18.1. The molecule has 3 heteroatoms. The fourth-order valence-electron chi connectivity index (χ4n) is 6.94. The van der Waals surface area contributed by atoms with Gasteiger partial charge in [-0.05, 0) is 0 Å². The summed E-state index contributed by atoms with van der Waals surface area (Å²) in [7, 11) is 0. The molecule has 1 atom stereocenters. The minimum Gasteiger partial charge on any atom is -1.00 e. The smallest absolute Gasteiger partial charge is 1.00 e. The fraction of sp³-hybridized carbons (Fsp3) is 0.216. The molecule has 0 radical (unpaired) electrons. The van der Waals surface area contributed by atoms with E-state index in [1.54, 1.807) is 28.8 Å². The molecule has 0 N–H and O–H groups in total. The molecule has 4 aromatic carbocycles. The van der Waals surface area contributed by atoms with Crippen molar-refractivity contribution in [2.45, 2.75) is 43.7 Å². The molecular weight excluding hydrogens is 607 g/mol. The monoisotopic (exact) mass is 640 g/mol. The molecule has 6 rings (SSSR count). The number of halogens is 2. The molecule has 4 aromatic rings. The van der Waals surface area contributed by atoms with E-state index >= 15 is 0 Å². The Morgan fingerprint density at radius 3 is 1.52 bits per heavy atom. The predicted molar refractivity (Wildman–Crippen MR) is 159 cm³/mol. The van der Waals surface area contributed by atoms with E-state index in [1.165, 1.54) is 28.7 Å². The molecule has 0 saturated heterocycles. The number of hydrogen-bond donors (Lipinski definition) is 0. The van der Waals surface area contributed by atoms with E-state index in [9.17, 15) is 0 Å². The van der Waals surface area contributed by atoms with Crippen LogP contribution in [0, 0.1) is 5.92 Å². The molecule has 0 bridgehead atoms. The van der Waals surface area contributed by atoms with Crippen LogP contribution in [0.1, 0.15) is 65.9 Å². The molecule has 0 amide bonds. The zero-order chi connectivity index (χ0) is 26.1. The second kappa shape index (κ2) is 13.6. The van der Waals surface area contributed by atoms with Crippen LogP contribution >= 0.6 is 0 Å². The van der Waals surface area contributed by atoms with Gasteiger partial charge in [0.05, 0.1) is 0 Å². The average Bonchev–Trinajstić information content (AvgIpc) is 3.52. The predicted octanol–water partition coefficient (Wildman–Crippen LogP) is 3.69. The van der Waals surface area contributed by atoms with Gasteiger partial charge < -0.3 is 24.8 Å². The molecule has 0 nitrogen and oxygen atoms in total. The minimum atomic E-state index is -2.68. The van der Waals surface area contributed by atoms with Crippen molar-refractivity contribution in [2.75, 3.05) is 0 Å². The van der Waals surface area contributed by atoms with Gasteiger partial charge in [0.15, 0.2) is 0 Å². The first kappa shape index (κ1) is 30.6. The Morgan fingerprint density at radius 2 is 1.07 bits per heavy atom. The molecule has 0 saturated carbocycles. The van der Waals surface area contributed by atoms with E-state index in [2.05, 4.69) is 136 Å². The van der Waals surface area contributed by atoms with Crippen molar-refractivity contribution in [3.8, 4) is 11.1 Å². The van der Waals surface area contributed by atoms with E-state index in [4.69, 9.17) is 0 Å². The maximum atomic E-state index is 2.69. The zero-order valence-corrected chi connectivity index (χ0v) is 27.5. The first-order valence-electron chi connectivity index (χ1n) is 14.2. The summed E-state index contributed by atoms with van der Waals surface area (Å²) in [6.07, 6.45) is 6.16. The van der Waals surface area contributed by atoms with Crippen LogP contribution in [0.3, 0.4) is 0 Å². The summed E-state index contributed by atoms with van der Waals surface area (Å²) in [5, 5.41) is 0. The van der Waals surface area contributed by atoms with Gasteiger partial charge >= 0.3 is 237 Å². The molecular formula is C37H36Cl2Zr. The van der Waals surface area contributed by atoms with E-state index in [0.29, 0.717) is 9.54 Å². The van der Waals surface area contributed by atoms with E-state index in [0.717, 1.165) is 12.8 Å². The summed E-state index contributed by atoms with van der Waals surface area (Å²) in [5.74, 6) is 0.576. The Kier molecular flexibility index (Phi) is 10.4. The van der Waals surface area contributed by atoms with Crippen LogP contribution in [-0.4, -0.2) is 3.21 Å². The van der Waals surface area contributed by atoms with Crippen LogP contribution in [0.2, 0.25) is 0 Å². The van der Waals surface area contributed by atoms with Crippen LogP contribution in [0.15, 0.2) is 130 Å². The molecule has 0 heterocycles. The van der Waals surface area contributed by atoms with Crippen molar-refractivity contribution >= 4 is 3.21 Å². The van der Waals surface area contributed by atoms with Crippen molar-refractivity contribution in [3.63, 3.8) is 0 Å². The van der Waals surface area contributed by atoms with Crippen molar-refractivity contribution in [1.82, 2.24) is 0 Å². The van der Waals surface area contributed by atoms with Crippen LogP contribution in [0.5, 0.6) is 0 Å². The number of benzene rings is 4. The molecule has 0 fully saturated rings. The molecule has 40 heavy (non-hydrogen) atoms. The molecule has 0 spiro atoms. The minimum absolute atomic E-state index is 0. The summed E-state index contributed by atoms with van der Waals surface area (Å²) in [6, 6.07) is 41.2. The summed E-state index contributed by atoms with van der Waals surface area (Å²) in [6.45, 7) is 7.13. The van der Waals surface area contributed by atoms with Crippen LogP contribution in [0.4, 0.5) is 0 Å². The van der Waals surface area contributed by atoms with Gasteiger partial charge in [-0.3, -0.25) is 0 Å². The summed E-state index contributed by atoms with van der Waals surface area (Å²) >= 11 is -2.68. The Balaban J connectivity index is 0.00000185. The largest absolute Gasteiger partial charge is 1.00 e. The average molecular weight is 643 g/mol. The van der Waals surface area contributed by atoms with Gasteiger partial charge in [0.2, 0.25) is 0 Å². The number of fused-ring (bicyclic) bond motifs is 3. The SMILES string of the molecule is CCC1=C(CC)C(CC)[C]([Zr+2](=[C](c2ccccc2)c2ccccc2)[CH]2c3ccccc3-c3ccccc32)=C1.[Cl-].[Cl-]. The molecule has 2 aliphatic rings. The fourth-order valence-corrected chi connectivity index (χ4v) is 17.0. The summed E-state index contributed by atoms with van der Waals surface area (Å²) in [5.41, 5.74) is 12.1. The topological polar surface area (TPSA) is 0 Å². The third kappa shape index (κ3) is 5.34. The Labute approximate surface area is 260 Å². The second-order valence-corrected chi connectivity index (χ2v) is 16.5. The summed E-state index contributed by atoms with van der Waals surface area (Å²) in [4.78, 5) is 0. The van der Waals surface area contributed by atoms with Crippen LogP contribution in [0.25, 0.3) is 11.1 Å². The Bertz CT molecular complexity index is 1480. The van der Waals surface area contributed by atoms with E-state index in [1.807, 2.05) is 0 Å². The maximum Gasteiger partial charge on any atom is -1.00 e. The summed E-state index contributed by atoms with van der Waals surface area (Å²) < 4.78 is 3.90. The third-order valence-electron chi connectivity index (χ3n) is 8.54. The van der Waals surface area contributed by atoms with Gasteiger partial charge in [-0.2, -0.15) is 0 Å². The second-order valence-electron chi connectivity index (χ2n) is 10.4. The standard InChI is InChI=1S/C13H9.C13H10.C11H17.2ClH.Zr/c1-3-7-12-10(5-1)9-11-6-2-4-8-13(11)12;1-3-7-12(8-4-1)11-13-9-5-2-6-10-13;1-4-9-7-8-10(5-2)11(9)6-3;;;/h1-9H;1-10H;7,10H,4-6H2,1-3H3;2*1H;/q;;;;;+2/p-2. The van der Waals surface area contributed by atoms with Crippen molar-refractivity contribution in [1.29, 1.82) is 0 Å². The number of hydrogen-bond acceptors (Lipinski definition) is 0. The third-order valence-corrected chi connectivity index (χ3v) is 17.0. The molecule has 2 aliphatic carbocycles. The molecule has 1 unspecified atom stereocenters. The van der Waals surface area contributed by atoms with Gasteiger partial charge in [0.25, 0.3) is 0 Å². The zero-order valence-electron chi connectivity index (χ0n) is 23.5. The Hall–Kier alpha value is -2.31. The molecule has 202 valence electrons. The van der Waals surface area contributed by atoms with Crippen LogP contribution in [-0.2, 0) is 21.3 Å². The normalized spacial score (nSPS) is 15.2. The van der Waals surface area contributed by atoms with Gasteiger partial charge in [-0.1, -0.05) is 0 Å². The maximum absolute atomic E-state index is 2.69. The van der Waals surface area contributed by atoms with Gasteiger partial charge in [-0.25, -0.2) is 0 Å².